The second-order valence-corrected chi connectivity index (χ2v) is 8.15. The van der Waals surface area contributed by atoms with Gasteiger partial charge in [0.05, 0.1) is 12.1 Å². The molecule has 0 spiro atoms. The Labute approximate surface area is 169 Å². The minimum absolute atomic E-state index is 0.00400. The minimum atomic E-state index is -0.0638. The first-order valence-corrected chi connectivity index (χ1v) is 10.0. The molecule has 1 amide bonds. The molecule has 0 N–H and O–H groups in total. The van der Waals surface area contributed by atoms with E-state index in [9.17, 15) is 4.79 Å². The van der Waals surface area contributed by atoms with E-state index in [0.29, 0.717) is 11.0 Å². The third-order valence-corrected chi connectivity index (χ3v) is 5.96. The number of halogens is 1. The van der Waals surface area contributed by atoms with Gasteiger partial charge >= 0.3 is 0 Å². The highest BCUT2D eigenvalue weighted by atomic mass is 35.5. The highest BCUT2D eigenvalue weighted by Crippen LogP contribution is 2.44. The van der Waals surface area contributed by atoms with Crippen molar-refractivity contribution in [2.75, 3.05) is 4.90 Å². The van der Waals surface area contributed by atoms with Crippen molar-refractivity contribution in [1.29, 1.82) is 0 Å². The monoisotopic (exact) mass is 392 g/mol. The van der Waals surface area contributed by atoms with Gasteiger partial charge in [-0.3, -0.25) is 9.69 Å². The molecular formula is C22H21ClN4O. The van der Waals surface area contributed by atoms with Gasteiger partial charge in [0.1, 0.15) is 6.33 Å². The van der Waals surface area contributed by atoms with E-state index in [1.165, 1.54) is 5.56 Å². The normalized spacial score (nSPS) is 21.4. The van der Waals surface area contributed by atoms with Crippen LogP contribution in [0.15, 0.2) is 54.9 Å². The van der Waals surface area contributed by atoms with Crippen molar-refractivity contribution in [1.82, 2.24) is 14.8 Å². The highest BCUT2D eigenvalue weighted by molar-refractivity contribution is 6.30. The number of fused-ring (bicyclic) bond motifs is 1. The largest absolute Gasteiger partial charge is 0.274 e. The number of carbonyl (C=O) groups excluding carboxylic acids is 1. The summed E-state index contributed by atoms with van der Waals surface area (Å²) in [5.74, 6) is 0.910. The Kier molecular flexibility index (Phi) is 4.20. The maximum atomic E-state index is 13.2. The van der Waals surface area contributed by atoms with E-state index >= 15 is 0 Å². The van der Waals surface area contributed by atoms with E-state index in [4.69, 9.17) is 11.6 Å². The van der Waals surface area contributed by atoms with Gasteiger partial charge in [0, 0.05) is 10.9 Å². The molecule has 1 aromatic heterocycles. The van der Waals surface area contributed by atoms with E-state index in [0.717, 1.165) is 30.4 Å². The van der Waals surface area contributed by atoms with E-state index < -0.39 is 0 Å². The molecule has 0 radical (unpaired) electrons. The molecule has 5 rings (SSSR count). The third-order valence-electron chi connectivity index (χ3n) is 5.70. The molecule has 2 atom stereocenters. The number of hydrogen-bond donors (Lipinski definition) is 0. The van der Waals surface area contributed by atoms with Gasteiger partial charge in [-0.1, -0.05) is 53.6 Å². The van der Waals surface area contributed by atoms with Crippen molar-refractivity contribution in [3.8, 4) is 0 Å². The summed E-state index contributed by atoms with van der Waals surface area (Å²) in [6.07, 6.45) is 4.22. The van der Waals surface area contributed by atoms with Gasteiger partial charge in [0.25, 0.3) is 0 Å². The molecule has 3 aromatic rings. The quantitative estimate of drug-likeness (QED) is 0.648. The molecule has 2 heterocycles. The number of amides is 1. The minimum Gasteiger partial charge on any atom is -0.274 e. The zero-order valence-corrected chi connectivity index (χ0v) is 16.4. The lowest BCUT2D eigenvalue weighted by Crippen LogP contribution is -2.43. The van der Waals surface area contributed by atoms with Gasteiger partial charge in [-0.25, -0.2) is 4.68 Å². The van der Waals surface area contributed by atoms with Crippen molar-refractivity contribution in [3.63, 3.8) is 0 Å². The van der Waals surface area contributed by atoms with Crippen molar-refractivity contribution in [3.05, 3.63) is 76.6 Å². The Morgan fingerprint density at radius 3 is 2.32 bits per heavy atom. The Bertz CT molecular complexity index is 1010. The van der Waals surface area contributed by atoms with Crippen LogP contribution in [0.25, 0.3) is 0 Å². The Morgan fingerprint density at radius 1 is 1.00 bits per heavy atom. The third kappa shape index (κ3) is 3.00. The van der Waals surface area contributed by atoms with Crippen LogP contribution in [0, 0.1) is 12.8 Å². The molecule has 1 aliphatic carbocycles. The number of anilines is 1. The summed E-state index contributed by atoms with van der Waals surface area (Å²) in [7, 11) is 0. The van der Waals surface area contributed by atoms with E-state index in [1.807, 2.05) is 33.8 Å². The number of benzene rings is 2. The Hall–Kier alpha value is -2.66. The highest BCUT2D eigenvalue weighted by Gasteiger charge is 2.44. The van der Waals surface area contributed by atoms with E-state index in [-0.39, 0.29) is 23.9 Å². The number of nitrogens with zero attached hydrogens (tertiary/aromatic N) is 4. The first kappa shape index (κ1) is 17.4. The predicted octanol–water partition coefficient (Wildman–Crippen LogP) is 4.72. The molecule has 5 nitrogen and oxygen atoms in total. The summed E-state index contributed by atoms with van der Waals surface area (Å²) >= 11 is 6.09. The molecule has 2 aromatic carbocycles. The van der Waals surface area contributed by atoms with Gasteiger partial charge in [0.15, 0.2) is 0 Å². The predicted molar refractivity (Wildman–Crippen MR) is 108 cm³/mol. The van der Waals surface area contributed by atoms with E-state index in [1.54, 1.807) is 6.33 Å². The fourth-order valence-corrected chi connectivity index (χ4v) is 4.13. The maximum absolute atomic E-state index is 13.2. The van der Waals surface area contributed by atoms with Crippen LogP contribution in [0.2, 0.25) is 5.02 Å². The average Bonchev–Trinajstić information content (AvgIpc) is 3.44. The Balaban J connectivity index is 1.62. The zero-order valence-electron chi connectivity index (χ0n) is 15.6. The lowest BCUT2D eigenvalue weighted by Gasteiger charge is -2.39. The van der Waals surface area contributed by atoms with Crippen molar-refractivity contribution >= 4 is 23.5 Å². The molecule has 0 saturated heterocycles. The second kappa shape index (κ2) is 6.74. The smallest absolute Gasteiger partial charge is 0.233 e. The van der Waals surface area contributed by atoms with Crippen LogP contribution in [0.1, 0.15) is 48.0 Å². The van der Waals surface area contributed by atoms with Crippen LogP contribution >= 0.6 is 11.6 Å². The molecule has 0 unspecified atom stereocenters. The SMILES string of the molecule is Cc1ccc([C@@H]2C[C@@H](c3ccc(Cl)cc3)n3ncnc3N2C(=O)C2CC2)cc1. The first-order chi connectivity index (χ1) is 13.6. The maximum Gasteiger partial charge on any atom is 0.233 e. The number of carbonyl (C=O) groups is 1. The number of aryl methyl sites for hydroxylation is 1. The number of rotatable bonds is 3. The summed E-state index contributed by atoms with van der Waals surface area (Å²) in [6.45, 7) is 2.07. The summed E-state index contributed by atoms with van der Waals surface area (Å²) in [5.41, 5.74) is 3.46. The summed E-state index contributed by atoms with van der Waals surface area (Å²) in [4.78, 5) is 19.6. The van der Waals surface area contributed by atoms with Crippen LogP contribution in [0.4, 0.5) is 5.95 Å². The molecule has 1 fully saturated rings. The van der Waals surface area contributed by atoms with E-state index in [2.05, 4.69) is 41.3 Å². The van der Waals surface area contributed by atoms with Gasteiger partial charge < -0.3 is 0 Å². The molecule has 1 saturated carbocycles. The van der Waals surface area contributed by atoms with Crippen LogP contribution in [-0.4, -0.2) is 20.7 Å². The average molecular weight is 393 g/mol. The van der Waals surface area contributed by atoms with Crippen molar-refractivity contribution < 1.29 is 4.79 Å². The van der Waals surface area contributed by atoms with Gasteiger partial charge in [-0.2, -0.15) is 10.1 Å². The van der Waals surface area contributed by atoms with Crippen LogP contribution in [0.5, 0.6) is 0 Å². The first-order valence-electron chi connectivity index (χ1n) is 9.66. The number of hydrogen-bond acceptors (Lipinski definition) is 3. The molecule has 6 heteroatoms. The van der Waals surface area contributed by atoms with Crippen LogP contribution in [0.3, 0.4) is 0 Å². The molecular weight excluding hydrogens is 372 g/mol. The summed E-state index contributed by atoms with van der Waals surface area (Å²) in [5, 5.41) is 5.18. The summed E-state index contributed by atoms with van der Waals surface area (Å²) in [6, 6.07) is 16.3. The lowest BCUT2D eigenvalue weighted by molar-refractivity contribution is -0.120. The molecule has 0 bridgehead atoms. The standard InChI is InChI=1S/C22H21ClN4O/c1-14-2-4-15(5-3-14)19-12-20(16-8-10-18(23)11-9-16)27-22(24-13-25-27)26(19)21(28)17-6-7-17/h2-5,8-11,13,17,19-20H,6-7,12H2,1H3/t19-,20-/m0/s1. The Morgan fingerprint density at radius 2 is 1.64 bits per heavy atom. The fraction of sp³-hybridized carbons (Fsp3) is 0.318. The molecule has 142 valence electrons. The molecule has 28 heavy (non-hydrogen) atoms. The van der Waals surface area contributed by atoms with Crippen molar-refractivity contribution in [2.45, 2.75) is 38.3 Å². The molecule has 1 aliphatic heterocycles. The zero-order chi connectivity index (χ0) is 19.3. The van der Waals surface area contributed by atoms with Crippen LogP contribution in [-0.2, 0) is 4.79 Å². The summed E-state index contributed by atoms with van der Waals surface area (Å²) < 4.78 is 1.88. The van der Waals surface area contributed by atoms with Gasteiger partial charge in [0.2, 0.25) is 11.9 Å². The van der Waals surface area contributed by atoms with Gasteiger partial charge in [-0.15, -0.1) is 0 Å². The lowest BCUT2D eigenvalue weighted by atomic mass is 9.91. The van der Waals surface area contributed by atoms with Gasteiger partial charge in [-0.05, 0) is 49.4 Å². The number of aromatic nitrogens is 3. The molecule has 2 aliphatic rings. The van der Waals surface area contributed by atoms with Crippen molar-refractivity contribution in [2.24, 2.45) is 5.92 Å². The van der Waals surface area contributed by atoms with Crippen LogP contribution < -0.4 is 4.90 Å². The second-order valence-electron chi connectivity index (χ2n) is 7.72. The topological polar surface area (TPSA) is 51.0 Å². The fourth-order valence-electron chi connectivity index (χ4n) is 4.01.